The van der Waals surface area contributed by atoms with E-state index in [9.17, 15) is 4.79 Å². The van der Waals surface area contributed by atoms with E-state index in [4.69, 9.17) is 9.72 Å². The van der Waals surface area contributed by atoms with Crippen LogP contribution in [-0.4, -0.2) is 50.3 Å². The molecule has 0 aliphatic carbocycles. The van der Waals surface area contributed by atoms with Crippen LogP contribution in [0.2, 0.25) is 0 Å². The predicted octanol–water partition coefficient (Wildman–Crippen LogP) is 2.52. The van der Waals surface area contributed by atoms with E-state index >= 15 is 0 Å². The second-order valence-electron chi connectivity index (χ2n) is 6.97. The van der Waals surface area contributed by atoms with Crippen molar-refractivity contribution in [1.29, 1.82) is 0 Å². The number of nitrogens with zero attached hydrogens (tertiary/aromatic N) is 4. The number of hydrogen-bond donors (Lipinski definition) is 2. The molecule has 0 bridgehead atoms. The molecule has 1 saturated heterocycles. The van der Waals surface area contributed by atoms with Crippen molar-refractivity contribution in [2.45, 2.75) is 13.0 Å². The molecule has 8 nitrogen and oxygen atoms in total. The van der Waals surface area contributed by atoms with Crippen LogP contribution >= 0.6 is 0 Å². The molecule has 0 amide bonds. The van der Waals surface area contributed by atoms with E-state index in [1.807, 2.05) is 37.3 Å². The van der Waals surface area contributed by atoms with Gasteiger partial charge in [-0.1, -0.05) is 6.07 Å². The van der Waals surface area contributed by atoms with Gasteiger partial charge in [0.2, 0.25) is 0 Å². The molecule has 1 aliphatic rings. The van der Waals surface area contributed by atoms with Crippen LogP contribution in [0.3, 0.4) is 0 Å². The van der Waals surface area contributed by atoms with Crippen LogP contribution in [0.4, 0.5) is 0 Å². The molecule has 1 aliphatic heterocycles. The molecule has 8 heteroatoms. The number of pyridine rings is 3. The lowest BCUT2D eigenvalue weighted by Gasteiger charge is -2.26. The number of ether oxygens (including phenoxy) is 1. The molecule has 1 fully saturated rings. The highest BCUT2D eigenvalue weighted by Gasteiger charge is 2.22. The first-order valence-corrected chi connectivity index (χ1v) is 9.33. The summed E-state index contributed by atoms with van der Waals surface area (Å²) < 4.78 is 5.42. The number of aromatic nitrogens is 5. The van der Waals surface area contributed by atoms with Gasteiger partial charge in [-0.3, -0.25) is 15.1 Å². The number of nitrogens with one attached hydrogen (secondary N) is 2. The fourth-order valence-corrected chi connectivity index (χ4v) is 3.19. The van der Waals surface area contributed by atoms with Crippen LogP contribution in [0, 0.1) is 6.92 Å². The van der Waals surface area contributed by atoms with Gasteiger partial charge in [-0.05, 0) is 37.3 Å². The molecule has 5 rings (SSSR count). The summed E-state index contributed by atoms with van der Waals surface area (Å²) in [4.78, 5) is 26.0. The minimum atomic E-state index is -0.383. The monoisotopic (exact) mass is 386 g/mol. The maximum absolute atomic E-state index is 12.3. The van der Waals surface area contributed by atoms with E-state index in [0.717, 1.165) is 28.3 Å². The van der Waals surface area contributed by atoms with Gasteiger partial charge in [-0.15, -0.1) is 0 Å². The van der Waals surface area contributed by atoms with Crippen molar-refractivity contribution in [3.63, 3.8) is 0 Å². The number of aromatic amines is 1. The van der Waals surface area contributed by atoms with Crippen LogP contribution in [0.5, 0.6) is 0 Å². The van der Waals surface area contributed by atoms with Crippen LogP contribution in [0.25, 0.3) is 33.7 Å². The third-order valence-corrected chi connectivity index (χ3v) is 4.85. The third-order valence-electron chi connectivity index (χ3n) is 4.85. The van der Waals surface area contributed by atoms with E-state index in [1.54, 1.807) is 12.3 Å². The summed E-state index contributed by atoms with van der Waals surface area (Å²) in [5, 5.41) is 10.3. The van der Waals surface area contributed by atoms with Gasteiger partial charge in [0, 0.05) is 30.5 Å². The number of hydrogen-bond acceptors (Lipinski definition) is 7. The van der Waals surface area contributed by atoms with Crippen molar-refractivity contribution in [2.75, 3.05) is 13.1 Å². The normalized spacial score (nSPS) is 14.0. The van der Waals surface area contributed by atoms with Gasteiger partial charge >= 0.3 is 5.97 Å². The second kappa shape index (κ2) is 7.06. The van der Waals surface area contributed by atoms with Gasteiger partial charge in [0.05, 0.1) is 39.9 Å². The lowest BCUT2D eigenvalue weighted by atomic mass is 10.1. The van der Waals surface area contributed by atoms with Gasteiger partial charge in [-0.25, -0.2) is 9.78 Å². The zero-order valence-electron chi connectivity index (χ0n) is 15.7. The van der Waals surface area contributed by atoms with Crippen LogP contribution in [-0.2, 0) is 4.74 Å². The number of fused-ring (bicyclic) bond motifs is 1. The summed E-state index contributed by atoms with van der Waals surface area (Å²) in [5.41, 5.74) is 5.77. The Morgan fingerprint density at radius 1 is 1.07 bits per heavy atom. The van der Waals surface area contributed by atoms with Gasteiger partial charge in [0.25, 0.3) is 0 Å². The van der Waals surface area contributed by atoms with Crippen molar-refractivity contribution >= 4 is 17.0 Å². The fraction of sp³-hybridized carbons (Fsp3) is 0.190. The molecule has 0 atom stereocenters. The molecule has 0 saturated carbocycles. The number of carbonyl (C=O) groups excluding carboxylic acids is 1. The molecular formula is C21H18N6O2. The SMILES string of the molecule is Cc1cccc(-c2[nH]ncc2-c2ccc3ncc(C(=O)OC4CNC4)cc3n2)n1. The first-order chi connectivity index (χ1) is 14.2. The van der Waals surface area contributed by atoms with E-state index in [-0.39, 0.29) is 12.1 Å². The Hall–Kier alpha value is -3.65. The van der Waals surface area contributed by atoms with Gasteiger partial charge in [0.1, 0.15) is 6.10 Å². The first-order valence-electron chi connectivity index (χ1n) is 9.33. The number of carbonyl (C=O) groups is 1. The van der Waals surface area contributed by atoms with Gasteiger partial charge in [-0.2, -0.15) is 5.10 Å². The average molecular weight is 386 g/mol. The minimum Gasteiger partial charge on any atom is -0.456 e. The predicted molar refractivity (Wildman–Crippen MR) is 107 cm³/mol. The van der Waals surface area contributed by atoms with Gasteiger partial charge in [0.15, 0.2) is 0 Å². The topological polar surface area (TPSA) is 106 Å². The fourth-order valence-electron chi connectivity index (χ4n) is 3.19. The number of aryl methyl sites for hydroxylation is 1. The lowest BCUT2D eigenvalue weighted by molar-refractivity contribution is 0.0169. The Kier molecular flexibility index (Phi) is 4.25. The number of H-pyrrole nitrogens is 1. The quantitative estimate of drug-likeness (QED) is 0.519. The van der Waals surface area contributed by atoms with E-state index < -0.39 is 0 Å². The summed E-state index contributed by atoms with van der Waals surface area (Å²) >= 11 is 0. The third kappa shape index (κ3) is 3.34. The summed E-state index contributed by atoms with van der Waals surface area (Å²) in [5.74, 6) is -0.383. The molecule has 4 aromatic heterocycles. The maximum atomic E-state index is 12.3. The molecule has 0 aromatic carbocycles. The van der Waals surface area contributed by atoms with Crippen molar-refractivity contribution in [3.05, 3.63) is 60.0 Å². The van der Waals surface area contributed by atoms with Crippen LogP contribution < -0.4 is 5.32 Å². The zero-order chi connectivity index (χ0) is 19.8. The van der Waals surface area contributed by atoms with E-state index in [0.29, 0.717) is 29.7 Å². The lowest BCUT2D eigenvalue weighted by Crippen LogP contribution is -2.49. The van der Waals surface area contributed by atoms with Crippen molar-refractivity contribution in [2.24, 2.45) is 0 Å². The van der Waals surface area contributed by atoms with Crippen molar-refractivity contribution < 1.29 is 9.53 Å². The Bertz CT molecular complexity index is 1210. The van der Waals surface area contributed by atoms with E-state index in [2.05, 4.69) is 25.5 Å². The Morgan fingerprint density at radius 3 is 2.76 bits per heavy atom. The van der Waals surface area contributed by atoms with Crippen molar-refractivity contribution in [3.8, 4) is 22.6 Å². The zero-order valence-corrected chi connectivity index (χ0v) is 15.7. The maximum Gasteiger partial charge on any atom is 0.340 e. The summed E-state index contributed by atoms with van der Waals surface area (Å²) in [6.07, 6.45) is 3.17. The van der Waals surface area contributed by atoms with Gasteiger partial charge < -0.3 is 10.1 Å². The smallest absolute Gasteiger partial charge is 0.340 e. The first kappa shape index (κ1) is 17.4. The standard InChI is InChI=1S/C21H18N6O2/c1-12-3-2-4-18(25-12)20-15(11-24-27-20)16-5-6-17-19(26-16)7-13(8-23-17)21(28)29-14-9-22-10-14/h2-8,11,14,22H,9-10H2,1H3,(H,24,27). The average Bonchev–Trinajstić information content (AvgIpc) is 3.19. The Labute approximate surface area is 166 Å². The Balaban J connectivity index is 1.51. The second-order valence-corrected chi connectivity index (χ2v) is 6.97. The Morgan fingerprint density at radius 2 is 1.97 bits per heavy atom. The minimum absolute atomic E-state index is 0.0761. The highest BCUT2D eigenvalue weighted by molar-refractivity contribution is 5.93. The molecule has 4 aromatic rings. The largest absolute Gasteiger partial charge is 0.456 e. The van der Waals surface area contributed by atoms with Crippen molar-refractivity contribution in [1.82, 2.24) is 30.5 Å². The molecule has 144 valence electrons. The summed E-state index contributed by atoms with van der Waals surface area (Å²) in [6.45, 7) is 3.32. The highest BCUT2D eigenvalue weighted by Crippen LogP contribution is 2.29. The number of rotatable bonds is 4. The molecule has 0 spiro atoms. The summed E-state index contributed by atoms with van der Waals surface area (Å²) in [6, 6.07) is 11.3. The van der Waals surface area contributed by atoms with Crippen LogP contribution in [0.15, 0.2) is 48.8 Å². The molecule has 5 heterocycles. The molecule has 0 unspecified atom stereocenters. The molecule has 29 heavy (non-hydrogen) atoms. The molecular weight excluding hydrogens is 368 g/mol. The number of esters is 1. The van der Waals surface area contributed by atoms with E-state index in [1.165, 1.54) is 6.20 Å². The van der Waals surface area contributed by atoms with Crippen LogP contribution in [0.1, 0.15) is 16.1 Å². The molecule has 0 radical (unpaired) electrons. The summed E-state index contributed by atoms with van der Waals surface area (Å²) in [7, 11) is 0. The molecule has 2 N–H and O–H groups in total. The highest BCUT2D eigenvalue weighted by atomic mass is 16.5.